The van der Waals surface area contributed by atoms with E-state index in [0.29, 0.717) is 12.0 Å². The molecule has 2 rings (SSSR count). The number of nitrogens with zero attached hydrogens (tertiary/aromatic N) is 3. The molecule has 1 aliphatic heterocycles. The average molecular weight is 242 g/mol. The van der Waals surface area contributed by atoms with Crippen LogP contribution >= 0.6 is 11.6 Å². The Kier molecular flexibility index (Phi) is 3.96. The van der Waals surface area contributed by atoms with Gasteiger partial charge in [-0.1, -0.05) is 6.92 Å². The molecule has 0 radical (unpaired) electrons. The SMILES string of the molecule is CCC1CN(c2ncc(CCl)cn2)CCO1. The molecule has 5 heteroatoms. The fourth-order valence-electron chi connectivity index (χ4n) is 1.73. The van der Waals surface area contributed by atoms with Crippen LogP contribution in [-0.2, 0) is 10.6 Å². The largest absolute Gasteiger partial charge is 0.375 e. The highest BCUT2D eigenvalue weighted by atomic mass is 35.5. The summed E-state index contributed by atoms with van der Waals surface area (Å²) in [4.78, 5) is 10.8. The maximum absolute atomic E-state index is 5.70. The molecular weight excluding hydrogens is 226 g/mol. The standard InChI is InChI=1S/C11H16ClN3O/c1-2-10-8-15(3-4-16-10)11-13-6-9(5-12)7-14-11/h6-7,10H,2-5,8H2,1H3. The molecule has 0 spiro atoms. The molecule has 1 atom stereocenters. The van der Waals surface area contributed by atoms with E-state index in [4.69, 9.17) is 16.3 Å². The number of rotatable bonds is 3. The normalized spacial score (nSPS) is 21.1. The summed E-state index contributed by atoms with van der Waals surface area (Å²) in [6, 6.07) is 0. The number of hydrogen-bond acceptors (Lipinski definition) is 4. The maximum Gasteiger partial charge on any atom is 0.225 e. The Balaban J connectivity index is 2.05. The van der Waals surface area contributed by atoms with E-state index in [2.05, 4.69) is 21.8 Å². The third-order valence-electron chi connectivity index (χ3n) is 2.72. The molecule has 0 amide bonds. The number of anilines is 1. The van der Waals surface area contributed by atoms with Crippen LogP contribution in [0.3, 0.4) is 0 Å². The first-order valence-electron chi connectivity index (χ1n) is 5.57. The summed E-state index contributed by atoms with van der Waals surface area (Å²) < 4.78 is 5.61. The number of morpholine rings is 1. The molecule has 88 valence electrons. The van der Waals surface area contributed by atoms with Crippen LogP contribution < -0.4 is 4.90 Å². The monoisotopic (exact) mass is 241 g/mol. The lowest BCUT2D eigenvalue weighted by atomic mass is 10.2. The minimum atomic E-state index is 0.296. The van der Waals surface area contributed by atoms with Gasteiger partial charge in [0.1, 0.15) is 0 Å². The van der Waals surface area contributed by atoms with Crippen LogP contribution in [0.4, 0.5) is 5.95 Å². The Morgan fingerprint density at radius 1 is 1.50 bits per heavy atom. The minimum absolute atomic E-state index is 0.296. The van der Waals surface area contributed by atoms with Crippen molar-refractivity contribution in [2.75, 3.05) is 24.6 Å². The summed E-state index contributed by atoms with van der Waals surface area (Å²) in [6.07, 6.45) is 4.89. The van der Waals surface area contributed by atoms with E-state index in [1.54, 1.807) is 12.4 Å². The summed E-state index contributed by atoms with van der Waals surface area (Å²) in [5.41, 5.74) is 0.950. The van der Waals surface area contributed by atoms with Crippen molar-refractivity contribution in [1.82, 2.24) is 9.97 Å². The van der Waals surface area contributed by atoms with Gasteiger partial charge in [-0.05, 0) is 6.42 Å². The van der Waals surface area contributed by atoms with E-state index < -0.39 is 0 Å². The highest BCUT2D eigenvalue weighted by molar-refractivity contribution is 6.17. The summed E-state index contributed by atoms with van der Waals surface area (Å²) in [5, 5.41) is 0. The second kappa shape index (κ2) is 5.46. The lowest BCUT2D eigenvalue weighted by Crippen LogP contribution is -2.43. The summed E-state index contributed by atoms with van der Waals surface area (Å²) >= 11 is 5.70. The minimum Gasteiger partial charge on any atom is -0.375 e. The first kappa shape index (κ1) is 11.6. The Bertz CT molecular complexity index is 331. The molecule has 0 N–H and O–H groups in total. The van der Waals surface area contributed by atoms with Crippen LogP contribution in [0.1, 0.15) is 18.9 Å². The van der Waals surface area contributed by atoms with Gasteiger partial charge in [-0.15, -0.1) is 11.6 Å². The number of hydrogen-bond donors (Lipinski definition) is 0. The van der Waals surface area contributed by atoms with Crippen molar-refractivity contribution in [3.05, 3.63) is 18.0 Å². The second-order valence-electron chi connectivity index (χ2n) is 3.87. The number of alkyl halides is 1. The third kappa shape index (κ3) is 2.62. The lowest BCUT2D eigenvalue weighted by molar-refractivity contribution is 0.0379. The van der Waals surface area contributed by atoms with Gasteiger partial charge in [0.25, 0.3) is 0 Å². The van der Waals surface area contributed by atoms with Crippen LogP contribution in [-0.4, -0.2) is 35.8 Å². The smallest absolute Gasteiger partial charge is 0.225 e. The van der Waals surface area contributed by atoms with Gasteiger partial charge in [0, 0.05) is 31.0 Å². The predicted octanol–water partition coefficient (Wildman–Crippen LogP) is 1.83. The van der Waals surface area contributed by atoms with Gasteiger partial charge in [0.2, 0.25) is 5.95 Å². The molecular formula is C11H16ClN3O. The van der Waals surface area contributed by atoms with Crippen LogP contribution in [0.25, 0.3) is 0 Å². The molecule has 16 heavy (non-hydrogen) atoms. The van der Waals surface area contributed by atoms with Crippen LogP contribution in [0.5, 0.6) is 0 Å². The molecule has 2 heterocycles. The predicted molar refractivity (Wildman–Crippen MR) is 63.8 cm³/mol. The Hall–Kier alpha value is -0.870. The van der Waals surface area contributed by atoms with E-state index in [1.165, 1.54) is 0 Å². The highest BCUT2D eigenvalue weighted by Gasteiger charge is 2.20. The van der Waals surface area contributed by atoms with Crippen LogP contribution in [0.15, 0.2) is 12.4 Å². The van der Waals surface area contributed by atoms with Gasteiger partial charge in [-0.25, -0.2) is 9.97 Å². The Morgan fingerprint density at radius 3 is 2.88 bits per heavy atom. The van der Waals surface area contributed by atoms with Gasteiger partial charge < -0.3 is 9.64 Å². The molecule has 1 fully saturated rings. The molecule has 4 nitrogen and oxygen atoms in total. The Morgan fingerprint density at radius 2 is 2.25 bits per heavy atom. The molecule has 1 unspecified atom stereocenters. The molecule has 0 aliphatic carbocycles. The molecule has 1 aliphatic rings. The van der Waals surface area contributed by atoms with Crippen LogP contribution in [0.2, 0.25) is 0 Å². The zero-order valence-corrected chi connectivity index (χ0v) is 10.2. The fourth-order valence-corrected chi connectivity index (χ4v) is 1.87. The summed E-state index contributed by atoms with van der Waals surface area (Å²) in [5.74, 6) is 1.23. The fraction of sp³-hybridized carbons (Fsp3) is 0.636. The van der Waals surface area contributed by atoms with Crippen molar-refractivity contribution in [2.45, 2.75) is 25.3 Å². The van der Waals surface area contributed by atoms with Crippen molar-refractivity contribution in [2.24, 2.45) is 0 Å². The van der Waals surface area contributed by atoms with Crippen LogP contribution in [0, 0.1) is 0 Å². The molecule has 1 aromatic heterocycles. The lowest BCUT2D eigenvalue weighted by Gasteiger charge is -2.32. The maximum atomic E-state index is 5.70. The first-order valence-corrected chi connectivity index (χ1v) is 6.10. The number of ether oxygens (including phenoxy) is 1. The van der Waals surface area contributed by atoms with Crippen molar-refractivity contribution >= 4 is 17.5 Å². The topological polar surface area (TPSA) is 38.2 Å². The first-order chi connectivity index (χ1) is 7.83. The molecule has 1 aromatic rings. The zero-order valence-electron chi connectivity index (χ0n) is 9.40. The zero-order chi connectivity index (χ0) is 11.4. The van der Waals surface area contributed by atoms with E-state index in [9.17, 15) is 0 Å². The van der Waals surface area contributed by atoms with Gasteiger partial charge >= 0.3 is 0 Å². The van der Waals surface area contributed by atoms with Gasteiger partial charge in [-0.2, -0.15) is 0 Å². The number of halogens is 1. The van der Waals surface area contributed by atoms with Crippen molar-refractivity contribution in [1.29, 1.82) is 0 Å². The van der Waals surface area contributed by atoms with Crippen molar-refractivity contribution in [3.63, 3.8) is 0 Å². The average Bonchev–Trinajstić information content (AvgIpc) is 2.39. The van der Waals surface area contributed by atoms with Gasteiger partial charge in [0.15, 0.2) is 0 Å². The van der Waals surface area contributed by atoms with Gasteiger partial charge in [0.05, 0.1) is 18.6 Å². The number of aromatic nitrogens is 2. The quantitative estimate of drug-likeness (QED) is 0.757. The van der Waals surface area contributed by atoms with Crippen molar-refractivity contribution < 1.29 is 4.74 Å². The second-order valence-corrected chi connectivity index (χ2v) is 4.14. The van der Waals surface area contributed by atoms with Gasteiger partial charge in [-0.3, -0.25) is 0 Å². The Labute approximate surface area is 101 Å². The summed E-state index contributed by atoms with van der Waals surface area (Å²) in [7, 11) is 0. The molecule has 0 bridgehead atoms. The molecule has 0 saturated carbocycles. The van der Waals surface area contributed by atoms with E-state index in [0.717, 1.165) is 37.6 Å². The third-order valence-corrected chi connectivity index (χ3v) is 3.03. The van der Waals surface area contributed by atoms with E-state index in [-0.39, 0.29) is 0 Å². The summed E-state index contributed by atoms with van der Waals surface area (Å²) in [6.45, 7) is 4.61. The highest BCUT2D eigenvalue weighted by Crippen LogP contribution is 2.14. The van der Waals surface area contributed by atoms with E-state index >= 15 is 0 Å². The van der Waals surface area contributed by atoms with Crippen molar-refractivity contribution in [3.8, 4) is 0 Å². The molecule has 1 saturated heterocycles. The molecule has 0 aromatic carbocycles. The van der Waals surface area contributed by atoms with E-state index in [1.807, 2.05) is 0 Å².